The highest BCUT2D eigenvalue weighted by molar-refractivity contribution is 7.98. The Morgan fingerprint density at radius 3 is 2.47 bits per heavy atom. The van der Waals surface area contributed by atoms with Gasteiger partial charge in [0.05, 0.1) is 11.9 Å². The molecule has 0 radical (unpaired) electrons. The van der Waals surface area contributed by atoms with Gasteiger partial charge in [-0.25, -0.2) is 4.79 Å². The monoisotopic (exact) mass is 452 g/mol. The molecular formula is C26H32N2O3S. The van der Waals surface area contributed by atoms with Gasteiger partial charge in [0.1, 0.15) is 17.0 Å². The van der Waals surface area contributed by atoms with Crippen LogP contribution in [0.25, 0.3) is 11.3 Å². The molecule has 170 valence electrons. The molecule has 1 amide bonds. The van der Waals surface area contributed by atoms with E-state index in [-0.39, 0.29) is 11.7 Å². The lowest BCUT2D eigenvalue weighted by Crippen LogP contribution is -2.59. The molecule has 2 fully saturated rings. The molecule has 2 aliphatic heterocycles. The van der Waals surface area contributed by atoms with Gasteiger partial charge in [0.2, 0.25) is 0 Å². The van der Waals surface area contributed by atoms with E-state index in [1.165, 1.54) is 10.5 Å². The molecular weight excluding hydrogens is 420 g/mol. The fourth-order valence-electron chi connectivity index (χ4n) is 5.61. The number of hydrogen-bond acceptors (Lipinski definition) is 5. The Bertz CT molecular complexity index is 1010. The van der Waals surface area contributed by atoms with Crippen LogP contribution in [-0.4, -0.2) is 46.5 Å². The minimum atomic E-state index is -0.444. The highest BCUT2D eigenvalue weighted by Gasteiger charge is 2.59. The van der Waals surface area contributed by atoms with Gasteiger partial charge in [-0.2, -0.15) is 0 Å². The van der Waals surface area contributed by atoms with Gasteiger partial charge in [-0.15, -0.1) is 11.8 Å². The lowest BCUT2D eigenvalue weighted by atomic mass is 9.54. The van der Waals surface area contributed by atoms with Gasteiger partial charge < -0.3 is 14.4 Å². The Balaban J connectivity index is 1.21. The molecule has 5 rings (SSSR count). The molecule has 3 heterocycles. The topological polar surface area (TPSA) is 51.7 Å². The van der Waals surface area contributed by atoms with Crippen molar-refractivity contribution < 1.29 is 14.3 Å². The predicted molar refractivity (Wildman–Crippen MR) is 127 cm³/mol. The van der Waals surface area contributed by atoms with Crippen LogP contribution in [0.1, 0.15) is 52.0 Å². The van der Waals surface area contributed by atoms with Gasteiger partial charge >= 0.3 is 6.09 Å². The van der Waals surface area contributed by atoms with Crippen LogP contribution in [0.2, 0.25) is 0 Å². The third kappa shape index (κ3) is 4.09. The molecule has 0 atom stereocenters. The van der Waals surface area contributed by atoms with Crippen LogP contribution in [0.3, 0.4) is 0 Å². The number of hydrogen-bond donors (Lipinski definition) is 0. The first-order valence-electron chi connectivity index (χ1n) is 11.5. The summed E-state index contributed by atoms with van der Waals surface area (Å²) in [4.78, 5) is 20.2. The number of piperidine rings is 1. The number of aromatic nitrogens is 1. The average molecular weight is 453 g/mol. The summed E-state index contributed by atoms with van der Waals surface area (Å²) in [6, 6.07) is 10.8. The molecule has 6 heteroatoms. The van der Waals surface area contributed by atoms with Crippen LogP contribution < -0.4 is 4.74 Å². The molecule has 5 nitrogen and oxygen atoms in total. The summed E-state index contributed by atoms with van der Waals surface area (Å²) in [5.41, 5.74) is 3.19. The van der Waals surface area contributed by atoms with E-state index >= 15 is 0 Å². The number of pyridine rings is 1. The maximum atomic E-state index is 12.4. The molecule has 1 saturated carbocycles. The fraction of sp³-hybridized carbons (Fsp3) is 0.538. The first-order valence-corrected chi connectivity index (χ1v) is 12.7. The summed E-state index contributed by atoms with van der Waals surface area (Å²) in [6.07, 6.45) is 8.94. The van der Waals surface area contributed by atoms with E-state index in [0.717, 1.165) is 62.2 Å². The summed E-state index contributed by atoms with van der Waals surface area (Å²) in [5.74, 6) is 0.940. The Hall–Kier alpha value is -2.21. The maximum Gasteiger partial charge on any atom is 0.410 e. The van der Waals surface area contributed by atoms with Crippen molar-refractivity contribution in [1.82, 2.24) is 9.88 Å². The minimum Gasteiger partial charge on any atom is -0.485 e. The molecule has 0 bridgehead atoms. The Morgan fingerprint density at radius 1 is 1.16 bits per heavy atom. The molecule has 1 aromatic heterocycles. The van der Waals surface area contributed by atoms with Crippen LogP contribution in [0, 0.1) is 5.41 Å². The van der Waals surface area contributed by atoms with Crippen molar-refractivity contribution in [3.05, 3.63) is 42.1 Å². The number of nitrogens with zero attached hydrogens (tertiary/aromatic N) is 2. The average Bonchev–Trinajstić information content (AvgIpc) is 3.10. The van der Waals surface area contributed by atoms with Crippen molar-refractivity contribution in [3.8, 4) is 17.0 Å². The number of thioether (sulfide) groups is 1. The van der Waals surface area contributed by atoms with Crippen molar-refractivity contribution in [2.75, 3.05) is 19.3 Å². The van der Waals surface area contributed by atoms with Crippen molar-refractivity contribution in [2.24, 2.45) is 5.41 Å². The van der Waals surface area contributed by atoms with E-state index in [9.17, 15) is 4.79 Å². The fourth-order valence-corrected chi connectivity index (χ4v) is 6.01. The summed E-state index contributed by atoms with van der Waals surface area (Å²) < 4.78 is 12.0. The van der Waals surface area contributed by atoms with E-state index in [1.807, 2.05) is 31.9 Å². The number of rotatable bonds is 2. The number of carbonyl (C=O) groups excluding carboxylic acids is 1. The normalized spacial score (nSPS) is 20.6. The van der Waals surface area contributed by atoms with E-state index < -0.39 is 5.60 Å². The van der Waals surface area contributed by atoms with E-state index in [4.69, 9.17) is 9.47 Å². The minimum absolute atomic E-state index is 0.0839. The van der Waals surface area contributed by atoms with Crippen LogP contribution in [-0.2, 0) is 11.2 Å². The first-order chi connectivity index (χ1) is 15.2. The number of likely N-dealkylation sites (tertiary alicyclic amines) is 1. The summed E-state index contributed by atoms with van der Waals surface area (Å²) in [7, 11) is 0. The zero-order chi connectivity index (χ0) is 22.6. The molecule has 2 spiro atoms. The number of fused-ring (bicyclic) bond motifs is 1. The third-order valence-electron chi connectivity index (χ3n) is 7.04. The van der Waals surface area contributed by atoms with Gasteiger partial charge in [0.25, 0.3) is 0 Å². The molecule has 1 aliphatic carbocycles. The van der Waals surface area contributed by atoms with Gasteiger partial charge in [-0.05, 0) is 76.3 Å². The highest BCUT2D eigenvalue weighted by atomic mass is 32.2. The highest BCUT2D eigenvalue weighted by Crippen LogP contribution is 2.60. The number of ether oxygens (including phenoxy) is 2. The lowest BCUT2D eigenvalue weighted by Gasteiger charge is -2.56. The van der Waals surface area contributed by atoms with E-state index in [0.29, 0.717) is 5.41 Å². The summed E-state index contributed by atoms with van der Waals surface area (Å²) in [5, 5.41) is 0. The molecule has 1 saturated heterocycles. The van der Waals surface area contributed by atoms with Gasteiger partial charge in [-0.3, -0.25) is 4.98 Å². The van der Waals surface area contributed by atoms with Crippen molar-refractivity contribution in [3.63, 3.8) is 0 Å². The Kier molecular flexibility index (Phi) is 5.19. The number of amides is 1. The Labute approximate surface area is 194 Å². The predicted octanol–water partition coefficient (Wildman–Crippen LogP) is 5.96. The van der Waals surface area contributed by atoms with Crippen molar-refractivity contribution in [1.29, 1.82) is 0 Å². The SMILES string of the molecule is CSc1ccc(-c2cc3c(cn2)OC2(C3)CC3(CCN(C(=O)OC(C)(C)C)CC3)C2)cc1. The second-order valence-corrected chi connectivity index (χ2v) is 11.6. The molecule has 1 aromatic carbocycles. The zero-order valence-corrected chi connectivity index (χ0v) is 20.3. The van der Waals surface area contributed by atoms with E-state index in [1.54, 1.807) is 11.8 Å². The van der Waals surface area contributed by atoms with Gasteiger partial charge in [-0.1, -0.05) is 12.1 Å². The first kappa shape index (κ1) is 21.6. The lowest BCUT2D eigenvalue weighted by molar-refractivity contribution is -0.120. The third-order valence-corrected chi connectivity index (χ3v) is 7.79. The largest absolute Gasteiger partial charge is 0.485 e. The smallest absolute Gasteiger partial charge is 0.410 e. The van der Waals surface area contributed by atoms with Crippen LogP contribution in [0.4, 0.5) is 4.79 Å². The quantitative estimate of drug-likeness (QED) is 0.527. The van der Waals surface area contributed by atoms with Crippen LogP contribution >= 0.6 is 11.8 Å². The summed E-state index contributed by atoms with van der Waals surface area (Å²) >= 11 is 1.75. The molecule has 0 N–H and O–H groups in total. The molecule has 3 aliphatic rings. The molecule has 2 aromatic rings. The van der Waals surface area contributed by atoms with E-state index in [2.05, 4.69) is 41.6 Å². The standard InChI is InChI=1S/C26H32N2O3S/c1-24(2,3)31-23(29)28-11-9-25(10-12-28)16-26(17-25)14-19-13-21(27-15-22(19)30-26)18-5-7-20(32-4)8-6-18/h5-8,13,15H,9-12,14,16-17H2,1-4H3. The zero-order valence-electron chi connectivity index (χ0n) is 19.4. The second kappa shape index (κ2) is 7.68. The molecule has 0 unspecified atom stereocenters. The van der Waals surface area contributed by atoms with Gasteiger partial charge in [0.15, 0.2) is 0 Å². The van der Waals surface area contributed by atoms with Gasteiger partial charge in [0, 0.05) is 35.5 Å². The van der Waals surface area contributed by atoms with Crippen LogP contribution in [0.5, 0.6) is 5.75 Å². The number of benzene rings is 1. The van der Waals surface area contributed by atoms with Crippen molar-refractivity contribution in [2.45, 2.75) is 69.0 Å². The van der Waals surface area contributed by atoms with Crippen LogP contribution in [0.15, 0.2) is 41.4 Å². The maximum absolute atomic E-state index is 12.4. The Morgan fingerprint density at radius 2 is 1.84 bits per heavy atom. The van der Waals surface area contributed by atoms with Crippen molar-refractivity contribution >= 4 is 17.9 Å². The second-order valence-electron chi connectivity index (χ2n) is 10.7. The summed E-state index contributed by atoms with van der Waals surface area (Å²) in [6.45, 7) is 7.30. The number of carbonyl (C=O) groups is 1. The molecule has 32 heavy (non-hydrogen) atoms.